The third-order valence-corrected chi connectivity index (χ3v) is 5.59. The van der Waals surface area contributed by atoms with E-state index in [0.29, 0.717) is 22.6 Å². The molecule has 0 unspecified atom stereocenters. The summed E-state index contributed by atoms with van der Waals surface area (Å²) in [4.78, 5) is 30.3. The van der Waals surface area contributed by atoms with Gasteiger partial charge in [0, 0.05) is 12.2 Å². The molecule has 1 atom stereocenters. The Hall–Kier alpha value is -2.60. The molecule has 146 valence electrons. The number of nitrogens with zero attached hydrogens (tertiary/aromatic N) is 2. The van der Waals surface area contributed by atoms with E-state index >= 15 is 0 Å². The fraction of sp³-hybridized carbons (Fsp3) is 0.318. The maximum Gasteiger partial charge on any atom is 0.262 e. The van der Waals surface area contributed by atoms with Gasteiger partial charge in [-0.05, 0) is 50.1 Å². The van der Waals surface area contributed by atoms with Crippen molar-refractivity contribution in [3.63, 3.8) is 0 Å². The van der Waals surface area contributed by atoms with E-state index in [0.717, 1.165) is 24.1 Å². The molecule has 0 fully saturated rings. The zero-order valence-electron chi connectivity index (χ0n) is 16.4. The van der Waals surface area contributed by atoms with Gasteiger partial charge in [0.15, 0.2) is 5.16 Å². The van der Waals surface area contributed by atoms with Crippen LogP contribution in [0.3, 0.4) is 0 Å². The minimum atomic E-state index is -0.388. The van der Waals surface area contributed by atoms with Crippen molar-refractivity contribution < 1.29 is 4.79 Å². The Labute approximate surface area is 169 Å². The second-order valence-electron chi connectivity index (χ2n) is 6.84. The number of fused-ring (bicyclic) bond motifs is 1. The maximum atomic E-state index is 12.9. The molecular formula is C22H25N3O2S. The average Bonchev–Trinajstić information content (AvgIpc) is 2.68. The first-order valence-electron chi connectivity index (χ1n) is 9.53. The summed E-state index contributed by atoms with van der Waals surface area (Å²) in [5.41, 5.74) is 2.47. The highest BCUT2D eigenvalue weighted by Gasteiger charge is 2.19. The topological polar surface area (TPSA) is 64.0 Å². The van der Waals surface area contributed by atoms with Crippen LogP contribution in [0.4, 0.5) is 5.69 Å². The van der Waals surface area contributed by atoms with Crippen LogP contribution < -0.4 is 10.9 Å². The number of carbonyl (C=O) groups excluding carboxylic acids is 1. The maximum absolute atomic E-state index is 12.9. The number of aromatic nitrogens is 2. The summed E-state index contributed by atoms with van der Waals surface area (Å²) >= 11 is 1.32. The Morgan fingerprint density at radius 1 is 1.21 bits per heavy atom. The van der Waals surface area contributed by atoms with Crippen molar-refractivity contribution in [3.05, 3.63) is 64.4 Å². The number of anilines is 1. The molecule has 0 aliphatic rings. The molecule has 0 aliphatic heterocycles. The normalized spacial score (nSPS) is 12.1. The standard InChI is InChI=1S/C22H25N3O2S/c1-4-5-13-25-21(27)18-11-6-7-12-19(18)24-22(25)28-16(3)20(26)23-17-10-8-9-15(2)14-17/h6-12,14,16H,4-5,13H2,1-3H3,(H,23,26)/t16-/m1/s1. The van der Waals surface area contributed by atoms with E-state index < -0.39 is 0 Å². The number of hydrogen-bond acceptors (Lipinski definition) is 4. The fourth-order valence-corrected chi connectivity index (χ4v) is 3.86. The Bertz CT molecular complexity index is 1050. The lowest BCUT2D eigenvalue weighted by atomic mass is 10.2. The molecule has 1 aromatic heterocycles. The monoisotopic (exact) mass is 395 g/mol. The predicted molar refractivity (Wildman–Crippen MR) is 116 cm³/mol. The van der Waals surface area contributed by atoms with Crippen LogP contribution >= 0.6 is 11.8 Å². The highest BCUT2D eigenvalue weighted by atomic mass is 32.2. The van der Waals surface area contributed by atoms with E-state index in [4.69, 9.17) is 0 Å². The highest BCUT2D eigenvalue weighted by Crippen LogP contribution is 2.24. The zero-order chi connectivity index (χ0) is 20.1. The van der Waals surface area contributed by atoms with E-state index in [1.807, 2.05) is 56.3 Å². The molecule has 6 heteroatoms. The van der Waals surface area contributed by atoms with Crippen molar-refractivity contribution >= 4 is 34.3 Å². The summed E-state index contributed by atoms with van der Waals surface area (Å²) in [6.07, 6.45) is 1.87. The largest absolute Gasteiger partial charge is 0.325 e. The van der Waals surface area contributed by atoms with Gasteiger partial charge in [-0.15, -0.1) is 0 Å². The summed E-state index contributed by atoms with van der Waals surface area (Å²) in [5, 5.41) is 3.75. The van der Waals surface area contributed by atoms with Crippen LogP contribution in [-0.2, 0) is 11.3 Å². The van der Waals surface area contributed by atoms with Crippen molar-refractivity contribution in [2.24, 2.45) is 0 Å². The van der Waals surface area contributed by atoms with Crippen LogP contribution in [-0.4, -0.2) is 20.7 Å². The number of nitrogens with one attached hydrogen (secondary N) is 1. The van der Waals surface area contributed by atoms with E-state index in [-0.39, 0.29) is 16.7 Å². The summed E-state index contributed by atoms with van der Waals surface area (Å²) in [6.45, 7) is 6.51. The fourth-order valence-electron chi connectivity index (χ4n) is 2.93. The zero-order valence-corrected chi connectivity index (χ0v) is 17.3. The van der Waals surface area contributed by atoms with Crippen LogP contribution in [0.1, 0.15) is 32.3 Å². The van der Waals surface area contributed by atoms with Gasteiger partial charge in [0.25, 0.3) is 5.56 Å². The summed E-state index contributed by atoms with van der Waals surface area (Å²) < 4.78 is 1.70. The molecule has 1 N–H and O–H groups in total. The van der Waals surface area contributed by atoms with Crippen molar-refractivity contribution in [1.29, 1.82) is 0 Å². The smallest absolute Gasteiger partial charge is 0.262 e. The van der Waals surface area contributed by atoms with Gasteiger partial charge >= 0.3 is 0 Å². The summed E-state index contributed by atoms with van der Waals surface area (Å²) in [5.74, 6) is -0.111. The van der Waals surface area contributed by atoms with Crippen molar-refractivity contribution in [2.75, 3.05) is 5.32 Å². The lowest BCUT2D eigenvalue weighted by molar-refractivity contribution is -0.115. The third-order valence-electron chi connectivity index (χ3n) is 4.50. The Balaban J connectivity index is 1.87. The molecule has 5 nitrogen and oxygen atoms in total. The molecule has 0 aliphatic carbocycles. The lowest BCUT2D eigenvalue weighted by Crippen LogP contribution is -2.27. The molecule has 0 saturated carbocycles. The van der Waals surface area contributed by atoms with Gasteiger partial charge in [-0.3, -0.25) is 14.2 Å². The van der Waals surface area contributed by atoms with E-state index in [9.17, 15) is 9.59 Å². The first-order chi connectivity index (χ1) is 13.5. The van der Waals surface area contributed by atoms with Crippen LogP contribution in [0.2, 0.25) is 0 Å². The Kier molecular flexibility index (Phi) is 6.52. The molecule has 2 aromatic carbocycles. The molecule has 1 heterocycles. The first-order valence-corrected chi connectivity index (χ1v) is 10.4. The molecule has 0 saturated heterocycles. The van der Waals surface area contributed by atoms with Crippen LogP contribution in [0, 0.1) is 6.92 Å². The number of hydrogen-bond donors (Lipinski definition) is 1. The van der Waals surface area contributed by atoms with Crippen molar-refractivity contribution in [2.45, 2.75) is 50.6 Å². The molecule has 28 heavy (non-hydrogen) atoms. The van der Waals surface area contributed by atoms with Gasteiger partial charge in [-0.1, -0.05) is 49.4 Å². The molecular weight excluding hydrogens is 370 g/mol. The molecule has 3 aromatic rings. The van der Waals surface area contributed by atoms with Gasteiger partial charge in [0.1, 0.15) is 0 Å². The van der Waals surface area contributed by atoms with Gasteiger partial charge in [-0.25, -0.2) is 4.98 Å². The van der Waals surface area contributed by atoms with Crippen LogP contribution in [0.5, 0.6) is 0 Å². The van der Waals surface area contributed by atoms with E-state index in [1.54, 1.807) is 10.6 Å². The van der Waals surface area contributed by atoms with Crippen LogP contribution in [0.25, 0.3) is 10.9 Å². The molecule has 0 radical (unpaired) electrons. The molecule has 3 rings (SSSR count). The molecule has 0 spiro atoms. The third kappa shape index (κ3) is 4.62. The highest BCUT2D eigenvalue weighted by molar-refractivity contribution is 8.00. The molecule has 1 amide bonds. The van der Waals surface area contributed by atoms with E-state index in [2.05, 4.69) is 17.2 Å². The number of aryl methyl sites for hydroxylation is 1. The number of rotatable bonds is 7. The first kappa shape index (κ1) is 20.1. The SMILES string of the molecule is CCCCn1c(S[C@H](C)C(=O)Nc2cccc(C)c2)nc2ccccc2c1=O. The van der Waals surface area contributed by atoms with Gasteiger partial charge < -0.3 is 5.32 Å². The van der Waals surface area contributed by atoms with Gasteiger partial charge in [-0.2, -0.15) is 0 Å². The number of thioether (sulfide) groups is 1. The summed E-state index contributed by atoms with van der Waals surface area (Å²) in [6, 6.07) is 15.1. The minimum Gasteiger partial charge on any atom is -0.325 e. The van der Waals surface area contributed by atoms with Crippen LogP contribution in [0.15, 0.2) is 58.5 Å². The number of benzene rings is 2. The van der Waals surface area contributed by atoms with Gasteiger partial charge in [0.05, 0.1) is 16.2 Å². The summed E-state index contributed by atoms with van der Waals surface area (Å²) in [7, 11) is 0. The van der Waals surface area contributed by atoms with E-state index in [1.165, 1.54) is 11.8 Å². The lowest BCUT2D eigenvalue weighted by Gasteiger charge is -2.16. The average molecular weight is 396 g/mol. The van der Waals surface area contributed by atoms with Crippen molar-refractivity contribution in [1.82, 2.24) is 9.55 Å². The Morgan fingerprint density at radius 3 is 2.75 bits per heavy atom. The number of para-hydroxylation sites is 1. The molecule has 0 bridgehead atoms. The predicted octanol–water partition coefficient (Wildman–Crippen LogP) is 4.62. The number of carbonyl (C=O) groups is 1. The minimum absolute atomic E-state index is 0.0483. The Morgan fingerprint density at radius 2 is 2.00 bits per heavy atom. The van der Waals surface area contributed by atoms with Gasteiger partial charge in [0.2, 0.25) is 5.91 Å². The second kappa shape index (κ2) is 9.06. The number of unbranched alkanes of at least 4 members (excludes halogenated alkanes) is 1. The second-order valence-corrected chi connectivity index (χ2v) is 8.15. The quantitative estimate of drug-likeness (QED) is 0.468. The number of amides is 1. The van der Waals surface area contributed by atoms with Crippen molar-refractivity contribution in [3.8, 4) is 0 Å².